The van der Waals surface area contributed by atoms with Gasteiger partial charge >= 0.3 is 0 Å². The van der Waals surface area contributed by atoms with Gasteiger partial charge in [0, 0.05) is 6.54 Å². The van der Waals surface area contributed by atoms with Gasteiger partial charge in [0.25, 0.3) is 0 Å². The Hall–Kier alpha value is -2.47. The van der Waals surface area contributed by atoms with E-state index >= 15 is 0 Å². The summed E-state index contributed by atoms with van der Waals surface area (Å²) in [6, 6.07) is 11.7. The van der Waals surface area contributed by atoms with Gasteiger partial charge in [-0.15, -0.1) is 5.10 Å². The van der Waals surface area contributed by atoms with Crippen LogP contribution in [0.4, 0.5) is 0 Å². The quantitative estimate of drug-likeness (QED) is 0.762. The molecule has 0 amide bonds. The largest absolute Gasteiger partial charge is 0.461 e. The Kier molecular flexibility index (Phi) is 3.07. The van der Waals surface area contributed by atoms with Crippen molar-refractivity contribution in [3.63, 3.8) is 0 Å². The van der Waals surface area contributed by atoms with Crippen LogP contribution in [-0.2, 0) is 13.1 Å². The molecule has 0 saturated carbocycles. The lowest BCUT2D eigenvalue weighted by molar-refractivity contribution is 0.565. The Morgan fingerprint density at radius 3 is 2.58 bits per heavy atom. The Balaban J connectivity index is 1.85. The minimum absolute atomic E-state index is 0.544. The van der Waals surface area contributed by atoms with Gasteiger partial charge in [-0.1, -0.05) is 24.3 Å². The van der Waals surface area contributed by atoms with Crippen molar-refractivity contribution in [1.82, 2.24) is 20.2 Å². The summed E-state index contributed by atoms with van der Waals surface area (Å²) in [4.78, 5) is 0. The van der Waals surface area contributed by atoms with Crippen LogP contribution < -0.4 is 5.73 Å². The molecule has 2 heterocycles. The first-order chi connectivity index (χ1) is 9.36. The number of tetrazole rings is 1. The highest BCUT2D eigenvalue weighted by atomic mass is 16.3. The number of furan rings is 1. The second kappa shape index (κ2) is 5.03. The van der Waals surface area contributed by atoms with Gasteiger partial charge in [-0.2, -0.15) is 0 Å². The second-order valence-electron chi connectivity index (χ2n) is 4.16. The summed E-state index contributed by atoms with van der Waals surface area (Å²) in [6.07, 6.45) is 1.60. The van der Waals surface area contributed by atoms with Gasteiger partial charge in [-0.3, -0.25) is 0 Å². The summed E-state index contributed by atoms with van der Waals surface area (Å²) in [5.74, 6) is 1.27. The molecule has 3 rings (SSSR count). The van der Waals surface area contributed by atoms with Gasteiger partial charge in [0.2, 0.25) is 5.82 Å². The molecule has 0 bridgehead atoms. The molecule has 0 unspecified atom stereocenters. The Morgan fingerprint density at radius 1 is 1.11 bits per heavy atom. The molecule has 3 aromatic rings. The minimum Gasteiger partial charge on any atom is -0.461 e. The van der Waals surface area contributed by atoms with E-state index in [2.05, 4.69) is 15.5 Å². The summed E-state index contributed by atoms with van der Waals surface area (Å²) in [6.45, 7) is 1.14. The smallest absolute Gasteiger partial charge is 0.218 e. The van der Waals surface area contributed by atoms with E-state index in [1.165, 1.54) is 0 Å². The van der Waals surface area contributed by atoms with E-state index in [4.69, 9.17) is 10.2 Å². The lowest BCUT2D eigenvalue weighted by Crippen LogP contribution is -2.04. The molecule has 6 nitrogen and oxygen atoms in total. The van der Waals surface area contributed by atoms with E-state index in [1.807, 2.05) is 36.4 Å². The highest BCUT2D eigenvalue weighted by molar-refractivity contribution is 5.45. The number of nitrogens with two attached hydrogens (primary N) is 1. The van der Waals surface area contributed by atoms with Crippen LogP contribution in [0.15, 0.2) is 47.1 Å². The topological polar surface area (TPSA) is 82.8 Å². The zero-order chi connectivity index (χ0) is 13.1. The molecule has 2 aromatic heterocycles. The van der Waals surface area contributed by atoms with Crippen molar-refractivity contribution in [1.29, 1.82) is 0 Å². The molecule has 6 heteroatoms. The van der Waals surface area contributed by atoms with Crippen LogP contribution in [0.2, 0.25) is 0 Å². The molecule has 0 atom stereocenters. The average molecular weight is 255 g/mol. The molecule has 0 radical (unpaired) electrons. The van der Waals surface area contributed by atoms with Crippen LogP contribution in [-0.4, -0.2) is 20.2 Å². The molecule has 2 N–H and O–H groups in total. The molecule has 0 aliphatic rings. The first-order valence-electron chi connectivity index (χ1n) is 5.95. The maximum Gasteiger partial charge on any atom is 0.218 e. The van der Waals surface area contributed by atoms with Crippen molar-refractivity contribution < 1.29 is 4.42 Å². The SMILES string of the molecule is NCc1ccc(Cn2nnnc2-c2ccco2)cc1. The van der Waals surface area contributed by atoms with Crippen molar-refractivity contribution >= 4 is 0 Å². The van der Waals surface area contributed by atoms with Crippen molar-refractivity contribution in [3.8, 4) is 11.6 Å². The summed E-state index contributed by atoms with van der Waals surface area (Å²) in [5, 5.41) is 11.6. The van der Waals surface area contributed by atoms with E-state index in [0.717, 1.165) is 11.1 Å². The van der Waals surface area contributed by atoms with Crippen LogP contribution in [0.1, 0.15) is 11.1 Å². The van der Waals surface area contributed by atoms with Crippen molar-refractivity contribution in [2.24, 2.45) is 5.73 Å². The normalized spacial score (nSPS) is 10.8. The maximum absolute atomic E-state index is 5.57. The van der Waals surface area contributed by atoms with Crippen LogP contribution in [0.3, 0.4) is 0 Å². The Bertz CT molecular complexity index is 642. The van der Waals surface area contributed by atoms with Crippen molar-refractivity contribution in [2.75, 3.05) is 0 Å². The predicted molar refractivity (Wildman–Crippen MR) is 69.0 cm³/mol. The molecule has 0 spiro atoms. The zero-order valence-corrected chi connectivity index (χ0v) is 10.2. The second-order valence-corrected chi connectivity index (χ2v) is 4.16. The lowest BCUT2D eigenvalue weighted by atomic mass is 10.1. The molecule has 0 aliphatic carbocycles. The lowest BCUT2D eigenvalue weighted by Gasteiger charge is -2.04. The molecular formula is C13H13N5O. The first kappa shape index (κ1) is 11.6. The van der Waals surface area contributed by atoms with E-state index in [1.54, 1.807) is 10.9 Å². The van der Waals surface area contributed by atoms with E-state index in [0.29, 0.717) is 24.7 Å². The van der Waals surface area contributed by atoms with E-state index in [-0.39, 0.29) is 0 Å². The summed E-state index contributed by atoms with van der Waals surface area (Å²) < 4.78 is 7.02. The number of nitrogens with zero attached hydrogens (tertiary/aromatic N) is 4. The highest BCUT2D eigenvalue weighted by Crippen LogP contribution is 2.17. The third-order valence-corrected chi connectivity index (χ3v) is 2.86. The van der Waals surface area contributed by atoms with Crippen LogP contribution in [0.25, 0.3) is 11.6 Å². The van der Waals surface area contributed by atoms with Gasteiger partial charge in [-0.05, 0) is 33.7 Å². The Labute approximate surface area is 109 Å². The predicted octanol–water partition coefficient (Wildman–Crippen LogP) is 1.44. The van der Waals surface area contributed by atoms with Crippen molar-refractivity contribution in [2.45, 2.75) is 13.1 Å². The third-order valence-electron chi connectivity index (χ3n) is 2.86. The summed E-state index contributed by atoms with van der Waals surface area (Å²) in [5.41, 5.74) is 7.79. The molecule has 96 valence electrons. The average Bonchev–Trinajstić information content (AvgIpc) is 3.10. The molecule has 0 aliphatic heterocycles. The zero-order valence-electron chi connectivity index (χ0n) is 10.2. The Morgan fingerprint density at radius 2 is 1.89 bits per heavy atom. The van der Waals surface area contributed by atoms with Crippen LogP contribution in [0.5, 0.6) is 0 Å². The minimum atomic E-state index is 0.544. The van der Waals surface area contributed by atoms with E-state index in [9.17, 15) is 0 Å². The standard InChI is InChI=1S/C13H13N5O/c14-8-10-3-5-11(6-4-10)9-18-13(15-16-17-18)12-2-1-7-19-12/h1-7H,8-9,14H2. The van der Waals surface area contributed by atoms with Gasteiger partial charge in [0.15, 0.2) is 5.76 Å². The fourth-order valence-corrected chi connectivity index (χ4v) is 1.85. The summed E-state index contributed by atoms with van der Waals surface area (Å²) >= 11 is 0. The monoisotopic (exact) mass is 255 g/mol. The molecule has 1 aromatic carbocycles. The third kappa shape index (κ3) is 2.38. The van der Waals surface area contributed by atoms with Gasteiger partial charge in [0.1, 0.15) is 0 Å². The fourth-order valence-electron chi connectivity index (χ4n) is 1.85. The molecular weight excluding hydrogens is 242 g/mol. The molecule has 0 saturated heterocycles. The van der Waals surface area contributed by atoms with E-state index < -0.39 is 0 Å². The maximum atomic E-state index is 5.57. The van der Waals surface area contributed by atoms with Crippen molar-refractivity contribution in [3.05, 3.63) is 53.8 Å². The first-order valence-corrected chi connectivity index (χ1v) is 5.95. The number of rotatable bonds is 4. The number of hydrogen-bond donors (Lipinski definition) is 1. The summed E-state index contributed by atoms with van der Waals surface area (Å²) in [7, 11) is 0. The van der Waals surface area contributed by atoms with Crippen LogP contribution >= 0.6 is 0 Å². The van der Waals surface area contributed by atoms with Crippen LogP contribution in [0, 0.1) is 0 Å². The van der Waals surface area contributed by atoms with Gasteiger partial charge in [-0.25, -0.2) is 4.68 Å². The number of hydrogen-bond acceptors (Lipinski definition) is 5. The fraction of sp³-hybridized carbons (Fsp3) is 0.154. The molecule has 19 heavy (non-hydrogen) atoms. The van der Waals surface area contributed by atoms with Gasteiger partial charge < -0.3 is 10.2 Å². The highest BCUT2D eigenvalue weighted by Gasteiger charge is 2.11. The number of benzene rings is 1. The van der Waals surface area contributed by atoms with Gasteiger partial charge in [0.05, 0.1) is 12.8 Å². The molecule has 0 fully saturated rings. The number of aromatic nitrogens is 4.